The number of rotatable bonds is 6. The van der Waals surface area contributed by atoms with Crippen molar-refractivity contribution in [3.8, 4) is 0 Å². The first kappa shape index (κ1) is 13.1. The van der Waals surface area contributed by atoms with Gasteiger partial charge in [0, 0.05) is 0 Å². The lowest BCUT2D eigenvalue weighted by Gasteiger charge is -2.13. The number of hydrogen-bond donors (Lipinski definition) is 0. The quantitative estimate of drug-likeness (QED) is 0.382. The Kier molecular flexibility index (Phi) is 5.38. The maximum atomic E-state index is 3.77. The number of allylic oxidation sites excluding steroid dienone is 1. The average molecular weight is 213 g/mol. The van der Waals surface area contributed by atoms with E-state index in [2.05, 4.69) is 52.7 Å². The summed E-state index contributed by atoms with van der Waals surface area (Å²) in [5, 5.41) is 0. The summed E-state index contributed by atoms with van der Waals surface area (Å²) in [6, 6.07) is 6.86. The summed E-state index contributed by atoms with van der Waals surface area (Å²) in [5.41, 5.74) is 4.17. The summed E-state index contributed by atoms with van der Waals surface area (Å²) in [6.45, 7) is 10.4. The Morgan fingerprint density at radius 2 is 2.12 bits per heavy atom. The normalized spacial score (nSPS) is 12.2. The van der Waals surface area contributed by atoms with Crippen LogP contribution in [0.25, 0.3) is 0 Å². The topological polar surface area (TPSA) is 0 Å². The van der Waals surface area contributed by atoms with Crippen molar-refractivity contribution in [3.05, 3.63) is 42.0 Å². The lowest BCUT2D eigenvalue weighted by atomic mass is 9.71. The second-order valence-electron chi connectivity index (χ2n) is 4.59. The fraction of sp³-hybridized carbons (Fsp3) is 0.467. The minimum absolute atomic E-state index is 0.651. The van der Waals surface area contributed by atoms with E-state index >= 15 is 0 Å². The van der Waals surface area contributed by atoms with Crippen molar-refractivity contribution in [2.24, 2.45) is 0 Å². The highest BCUT2D eigenvalue weighted by molar-refractivity contribution is 6.51. The second-order valence-corrected chi connectivity index (χ2v) is 4.59. The molecular formula is C15H22B. The van der Waals surface area contributed by atoms with Crippen LogP contribution in [-0.4, -0.2) is 7.28 Å². The molecule has 1 atom stereocenters. The highest BCUT2D eigenvalue weighted by Gasteiger charge is 2.06. The van der Waals surface area contributed by atoms with Crippen LogP contribution in [0.3, 0.4) is 0 Å². The molecule has 0 aliphatic heterocycles. The molecule has 1 unspecified atom stereocenters. The van der Waals surface area contributed by atoms with Crippen molar-refractivity contribution in [3.63, 3.8) is 0 Å². The van der Waals surface area contributed by atoms with Crippen LogP contribution >= 0.6 is 0 Å². The standard InChI is InChI=1S/C15H22B/c1-5-6-7-8-13(3)14-9-12(2)10-15(11-14)16-4/h5,9-11,13H,1,6-8H2,2-4H3. The second kappa shape index (κ2) is 6.57. The highest BCUT2D eigenvalue weighted by Crippen LogP contribution is 2.21. The van der Waals surface area contributed by atoms with Gasteiger partial charge in [-0.25, -0.2) is 0 Å². The summed E-state index contributed by atoms with van der Waals surface area (Å²) in [6.07, 6.45) is 5.62. The minimum atomic E-state index is 0.651. The zero-order valence-corrected chi connectivity index (χ0v) is 10.8. The van der Waals surface area contributed by atoms with Gasteiger partial charge in [0.25, 0.3) is 0 Å². The molecule has 85 valence electrons. The Labute approximate surface area is 101 Å². The Balaban J connectivity index is 2.70. The largest absolute Gasteiger partial charge is 0.148 e. The third-order valence-electron chi connectivity index (χ3n) is 3.07. The Morgan fingerprint density at radius 1 is 1.38 bits per heavy atom. The number of unbranched alkanes of at least 4 members (excludes halogenated alkanes) is 1. The van der Waals surface area contributed by atoms with Gasteiger partial charge in [0.1, 0.15) is 7.28 Å². The molecule has 16 heavy (non-hydrogen) atoms. The maximum absolute atomic E-state index is 3.77. The molecular weight excluding hydrogens is 191 g/mol. The van der Waals surface area contributed by atoms with Crippen LogP contribution in [0, 0.1) is 6.92 Å². The van der Waals surface area contributed by atoms with Crippen molar-refractivity contribution in [2.45, 2.75) is 45.9 Å². The van der Waals surface area contributed by atoms with E-state index in [1.165, 1.54) is 29.4 Å². The fourth-order valence-corrected chi connectivity index (χ4v) is 2.03. The van der Waals surface area contributed by atoms with Crippen LogP contribution in [0.2, 0.25) is 6.82 Å². The van der Waals surface area contributed by atoms with Gasteiger partial charge in [0.05, 0.1) is 0 Å². The summed E-state index contributed by atoms with van der Waals surface area (Å²) in [5.74, 6) is 0.651. The van der Waals surface area contributed by atoms with Gasteiger partial charge in [-0.1, -0.05) is 49.0 Å². The molecule has 1 radical (unpaired) electrons. The lowest BCUT2D eigenvalue weighted by molar-refractivity contribution is 0.640. The van der Waals surface area contributed by atoms with Gasteiger partial charge in [-0.3, -0.25) is 0 Å². The van der Waals surface area contributed by atoms with Crippen LogP contribution in [0.1, 0.15) is 43.2 Å². The fourth-order valence-electron chi connectivity index (χ4n) is 2.03. The van der Waals surface area contributed by atoms with E-state index in [-0.39, 0.29) is 0 Å². The molecule has 1 heteroatoms. The molecule has 0 aliphatic carbocycles. The predicted octanol–water partition coefficient (Wildman–Crippen LogP) is 3.83. The summed E-state index contributed by atoms with van der Waals surface area (Å²) >= 11 is 0. The van der Waals surface area contributed by atoms with Gasteiger partial charge in [-0.2, -0.15) is 0 Å². The van der Waals surface area contributed by atoms with E-state index in [0.29, 0.717) is 5.92 Å². The molecule has 1 rings (SSSR count). The number of aryl methyl sites for hydroxylation is 1. The SMILES string of the molecule is C=CCCCC(C)c1cc(C)cc([B]C)c1. The Morgan fingerprint density at radius 3 is 2.75 bits per heavy atom. The van der Waals surface area contributed by atoms with Gasteiger partial charge < -0.3 is 0 Å². The van der Waals surface area contributed by atoms with Crippen LogP contribution in [0.4, 0.5) is 0 Å². The molecule has 0 bridgehead atoms. The van der Waals surface area contributed by atoms with E-state index in [9.17, 15) is 0 Å². The molecule has 0 saturated carbocycles. The zero-order chi connectivity index (χ0) is 12.0. The summed E-state index contributed by atoms with van der Waals surface area (Å²) in [4.78, 5) is 0. The van der Waals surface area contributed by atoms with Crippen molar-refractivity contribution < 1.29 is 0 Å². The first-order chi connectivity index (χ1) is 7.67. The van der Waals surface area contributed by atoms with E-state index in [1.54, 1.807) is 0 Å². The van der Waals surface area contributed by atoms with E-state index in [0.717, 1.165) is 6.42 Å². The first-order valence-electron chi connectivity index (χ1n) is 6.19. The van der Waals surface area contributed by atoms with Gasteiger partial charge in [0.2, 0.25) is 0 Å². The first-order valence-corrected chi connectivity index (χ1v) is 6.19. The molecule has 0 nitrogen and oxygen atoms in total. The third-order valence-corrected chi connectivity index (χ3v) is 3.07. The van der Waals surface area contributed by atoms with Gasteiger partial charge in [-0.15, -0.1) is 6.58 Å². The minimum Gasteiger partial charge on any atom is -0.103 e. The van der Waals surface area contributed by atoms with E-state index in [4.69, 9.17) is 0 Å². The molecule has 0 spiro atoms. The molecule has 0 saturated heterocycles. The molecule has 0 fully saturated rings. The predicted molar refractivity (Wildman–Crippen MR) is 74.9 cm³/mol. The summed E-state index contributed by atoms with van der Waals surface area (Å²) in [7, 11) is 2.17. The monoisotopic (exact) mass is 213 g/mol. The van der Waals surface area contributed by atoms with Crippen molar-refractivity contribution in [1.82, 2.24) is 0 Å². The average Bonchev–Trinajstić information content (AvgIpc) is 2.28. The third kappa shape index (κ3) is 3.88. The maximum Gasteiger partial charge on any atom is 0.148 e. The molecule has 0 aliphatic rings. The Bertz CT molecular complexity index is 341. The molecule has 0 heterocycles. The Hall–Kier alpha value is -0.975. The van der Waals surface area contributed by atoms with Gasteiger partial charge >= 0.3 is 0 Å². The number of hydrogen-bond acceptors (Lipinski definition) is 0. The smallest absolute Gasteiger partial charge is 0.103 e. The molecule has 0 N–H and O–H groups in total. The van der Waals surface area contributed by atoms with E-state index < -0.39 is 0 Å². The van der Waals surface area contributed by atoms with Gasteiger partial charge in [-0.05, 0) is 37.7 Å². The van der Waals surface area contributed by atoms with Crippen LogP contribution in [0.15, 0.2) is 30.9 Å². The van der Waals surface area contributed by atoms with Crippen molar-refractivity contribution in [1.29, 1.82) is 0 Å². The summed E-state index contributed by atoms with van der Waals surface area (Å²) < 4.78 is 0. The molecule has 1 aromatic rings. The van der Waals surface area contributed by atoms with E-state index in [1.807, 2.05) is 6.08 Å². The van der Waals surface area contributed by atoms with Crippen LogP contribution in [0.5, 0.6) is 0 Å². The van der Waals surface area contributed by atoms with Crippen molar-refractivity contribution in [2.75, 3.05) is 0 Å². The zero-order valence-electron chi connectivity index (χ0n) is 10.8. The molecule has 0 amide bonds. The lowest BCUT2D eigenvalue weighted by Crippen LogP contribution is -2.12. The molecule has 1 aromatic carbocycles. The van der Waals surface area contributed by atoms with Crippen LogP contribution < -0.4 is 5.46 Å². The highest BCUT2D eigenvalue weighted by atomic mass is 14.1. The van der Waals surface area contributed by atoms with Crippen LogP contribution in [-0.2, 0) is 0 Å². The van der Waals surface area contributed by atoms with Gasteiger partial charge in [0.15, 0.2) is 0 Å². The molecule has 0 aromatic heterocycles. The number of benzene rings is 1. The van der Waals surface area contributed by atoms with Crippen molar-refractivity contribution >= 4 is 12.7 Å².